The molecule has 25 heavy (non-hydrogen) atoms. The van der Waals surface area contributed by atoms with Crippen LogP contribution in [0.5, 0.6) is 0 Å². The van der Waals surface area contributed by atoms with Gasteiger partial charge in [-0.2, -0.15) is 9.97 Å². The Morgan fingerprint density at radius 1 is 1.28 bits per heavy atom. The highest BCUT2D eigenvalue weighted by molar-refractivity contribution is 5.99. The second kappa shape index (κ2) is 7.04. The third-order valence-corrected chi connectivity index (χ3v) is 3.55. The normalized spacial score (nSPS) is 12.6. The van der Waals surface area contributed by atoms with Gasteiger partial charge in [-0.15, -0.1) is 0 Å². The average Bonchev–Trinajstić information content (AvgIpc) is 2.61. The summed E-state index contributed by atoms with van der Waals surface area (Å²) in [6.07, 6.45) is 0. The summed E-state index contributed by atoms with van der Waals surface area (Å²) in [5, 5.41) is 6.37. The number of aliphatic imine (C=N–C) groups is 1. The van der Waals surface area contributed by atoms with Gasteiger partial charge in [-0.1, -0.05) is 0 Å². The summed E-state index contributed by atoms with van der Waals surface area (Å²) >= 11 is 0. The predicted molar refractivity (Wildman–Crippen MR) is 97.3 cm³/mol. The first-order chi connectivity index (χ1) is 12.1. The van der Waals surface area contributed by atoms with Crippen molar-refractivity contribution in [2.24, 2.45) is 4.99 Å². The molecule has 130 valence electrons. The number of nitrogen functional groups attached to an aromatic ring is 2. The summed E-state index contributed by atoms with van der Waals surface area (Å²) in [5.74, 6) is 0.557. The number of carbonyl (C=O) groups excluding carboxylic acids is 1. The molecule has 0 unspecified atom stereocenters. The molecule has 1 aliphatic heterocycles. The molecule has 0 spiro atoms. The smallest absolute Gasteiger partial charge is 0.338 e. The Morgan fingerprint density at radius 3 is 2.76 bits per heavy atom. The Bertz CT molecular complexity index is 818. The average molecular weight is 341 g/mol. The van der Waals surface area contributed by atoms with Gasteiger partial charge < -0.3 is 26.8 Å². The van der Waals surface area contributed by atoms with Crippen LogP contribution in [0.15, 0.2) is 29.3 Å². The van der Waals surface area contributed by atoms with Crippen molar-refractivity contribution in [2.45, 2.75) is 6.92 Å². The molecule has 6 N–H and O–H groups in total. The van der Waals surface area contributed by atoms with Gasteiger partial charge in [-0.3, -0.25) is 0 Å². The van der Waals surface area contributed by atoms with Crippen LogP contribution < -0.4 is 22.1 Å². The maximum absolute atomic E-state index is 11.6. The molecule has 1 aromatic heterocycles. The number of anilines is 4. The van der Waals surface area contributed by atoms with Crippen LogP contribution in [0, 0.1) is 0 Å². The number of aromatic nitrogens is 2. The quantitative estimate of drug-likeness (QED) is 0.599. The fourth-order valence-corrected chi connectivity index (χ4v) is 2.35. The van der Waals surface area contributed by atoms with Crippen molar-refractivity contribution in [3.63, 3.8) is 0 Å². The highest BCUT2D eigenvalue weighted by Gasteiger charge is 2.17. The van der Waals surface area contributed by atoms with Gasteiger partial charge in [0.15, 0.2) is 11.6 Å². The highest BCUT2D eigenvalue weighted by Crippen LogP contribution is 2.31. The molecule has 0 bridgehead atoms. The second-order valence-corrected chi connectivity index (χ2v) is 5.35. The van der Waals surface area contributed by atoms with Crippen LogP contribution in [0.3, 0.4) is 0 Å². The molecule has 0 aliphatic carbocycles. The van der Waals surface area contributed by atoms with Crippen LogP contribution >= 0.6 is 0 Å². The lowest BCUT2D eigenvalue weighted by Gasteiger charge is -2.18. The van der Waals surface area contributed by atoms with Gasteiger partial charge in [-0.05, 0) is 31.2 Å². The number of carbonyl (C=O) groups is 1. The number of hydrogen-bond acceptors (Lipinski definition) is 9. The van der Waals surface area contributed by atoms with Crippen molar-refractivity contribution in [3.05, 3.63) is 29.8 Å². The number of nitrogens with zero attached hydrogens (tertiary/aromatic N) is 3. The summed E-state index contributed by atoms with van der Waals surface area (Å²) in [6.45, 7) is 3.16. The number of esters is 1. The summed E-state index contributed by atoms with van der Waals surface area (Å²) in [6, 6.07) is 7.06. The minimum atomic E-state index is -0.332. The molecular weight excluding hydrogens is 322 g/mol. The summed E-state index contributed by atoms with van der Waals surface area (Å²) in [4.78, 5) is 24.1. The Labute approximate surface area is 144 Å². The van der Waals surface area contributed by atoms with Crippen molar-refractivity contribution in [1.29, 1.82) is 0 Å². The predicted octanol–water partition coefficient (Wildman–Crippen LogP) is 1.43. The van der Waals surface area contributed by atoms with E-state index < -0.39 is 0 Å². The van der Waals surface area contributed by atoms with Crippen molar-refractivity contribution in [2.75, 3.05) is 41.8 Å². The van der Waals surface area contributed by atoms with E-state index in [1.165, 1.54) is 0 Å². The second-order valence-electron chi connectivity index (χ2n) is 5.35. The van der Waals surface area contributed by atoms with Crippen molar-refractivity contribution in [3.8, 4) is 0 Å². The Hall–Kier alpha value is -3.36. The molecule has 9 heteroatoms. The van der Waals surface area contributed by atoms with E-state index in [1.807, 2.05) is 12.1 Å². The van der Waals surface area contributed by atoms with Gasteiger partial charge in [0.25, 0.3) is 0 Å². The zero-order valence-electron chi connectivity index (χ0n) is 13.7. The van der Waals surface area contributed by atoms with Gasteiger partial charge in [0, 0.05) is 5.69 Å². The number of rotatable bonds is 5. The molecule has 9 nitrogen and oxygen atoms in total. The molecule has 0 atom stereocenters. The van der Waals surface area contributed by atoms with Crippen LogP contribution in [-0.4, -0.2) is 41.3 Å². The monoisotopic (exact) mass is 341 g/mol. The lowest BCUT2D eigenvalue weighted by atomic mass is 10.2. The van der Waals surface area contributed by atoms with E-state index in [2.05, 4.69) is 25.6 Å². The van der Waals surface area contributed by atoms with Crippen LogP contribution in [0.1, 0.15) is 17.3 Å². The molecule has 0 saturated carbocycles. The van der Waals surface area contributed by atoms with Gasteiger partial charge in [0.1, 0.15) is 5.69 Å². The standard InChI is InChI=1S/C16H19N7O2/c1-2-25-15(24)9-3-5-10(6-4-9)19-7-11-8-20-14-12(21-11)13(17)22-16(18)23-14/h3-6,19H,2,7-8H2,1H3,(H5,17,18,20,22,23). The Morgan fingerprint density at radius 2 is 2.04 bits per heavy atom. The maximum atomic E-state index is 11.6. The van der Waals surface area contributed by atoms with Crippen molar-refractivity contribution < 1.29 is 9.53 Å². The number of benzene rings is 1. The fourth-order valence-electron chi connectivity index (χ4n) is 2.35. The zero-order valence-corrected chi connectivity index (χ0v) is 13.7. The molecule has 2 aromatic rings. The zero-order chi connectivity index (χ0) is 17.8. The van der Waals surface area contributed by atoms with E-state index in [0.29, 0.717) is 36.8 Å². The SMILES string of the molecule is CCOC(=O)c1ccc(NCC2=Nc3c(N)nc(N)nc3NC2)cc1. The number of hydrogen-bond donors (Lipinski definition) is 4. The highest BCUT2D eigenvalue weighted by atomic mass is 16.5. The fraction of sp³-hybridized carbons (Fsp3) is 0.250. The van der Waals surface area contributed by atoms with Crippen LogP contribution in [0.2, 0.25) is 0 Å². The minimum Gasteiger partial charge on any atom is -0.462 e. The van der Waals surface area contributed by atoms with Crippen LogP contribution in [-0.2, 0) is 4.74 Å². The molecule has 1 aromatic carbocycles. The molecule has 3 rings (SSSR count). The van der Waals surface area contributed by atoms with Crippen LogP contribution in [0.4, 0.5) is 29.0 Å². The number of ether oxygens (including phenoxy) is 1. The molecule has 0 fully saturated rings. The summed E-state index contributed by atoms with van der Waals surface area (Å²) in [7, 11) is 0. The first-order valence-electron chi connectivity index (χ1n) is 7.81. The lowest BCUT2D eigenvalue weighted by Crippen LogP contribution is -2.26. The third kappa shape index (κ3) is 3.77. The Kier molecular flexibility index (Phi) is 4.64. The Balaban J connectivity index is 1.66. The first kappa shape index (κ1) is 16.5. The minimum absolute atomic E-state index is 0.113. The number of nitrogens with two attached hydrogens (primary N) is 2. The summed E-state index contributed by atoms with van der Waals surface area (Å²) < 4.78 is 4.96. The van der Waals surface area contributed by atoms with Crippen LogP contribution in [0.25, 0.3) is 0 Å². The summed E-state index contributed by atoms with van der Waals surface area (Å²) in [5.41, 5.74) is 14.1. The van der Waals surface area contributed by atoms with E-state index in [0.717, 1.165) is 11.4 Å². The van der Waals surface area contributed by atoms with E-state index in [1.54, 1.807) is 19.1 Å². The first-order valence-corrected chi connectivity index (χ1v) is 7.81. The molecular formula is C16H19N7O2. The lowest BCUT2D eigenvalue weighted by molar-refractivity contribution is 0.0526. The largest absolute Gasteiger partial charge is 0.462 e. The number of nitrogens with one attached hydrogen (secondary N) is 2. The van der Waals surface area contributed by atoms with Gasteiger partial charge in [0.2, 0.25) is 5.95 Å². The van der Waals surface area contributed by atoms with E-state index >= 15 is 0 Å². The maximum Gasteiger partial charge on any atom is 0.338 e. The molecule has 1 aliphatic rings. The van der Waals surface area contributed by atoms with Gasteiger partial charge in [0.05, 0.1) is 31.0 Å². The van der Waals surface area contributed by atoms with E-state index in [-0.39, 0.29) is 17.7 Å². The molecule has 2 heterocycles. The van der Waals surface area contributed by atoms with Gasteiger partial charge >= 0.3 is 5.97 Å². The van der Waals surface area contributed by atoms with Gasteiger partial charge in [-0.25, -0.2) is 9.79 Å². The third-order valence-electron chi connectivity index (χ3n) is 3.55. The van der Waals surface area contributed by atoms with Crippen molar-refractivity contribution >= 4 is 40.6 Å². The van der Waals surface area contributed by atoms with E-state index in [9.17, 15) is 4.79 Å². The number of fused-ring (bicyclic) bond motifs is 1. The molecule has 0 saturated heterocycles. The topological polar surface area (TPSA) is 141 Å². The van der Waals surface area contributed by atoms with E-state index in [4.69, 9.17) is 16.2 Å². The van der Waals surface area contributed by atoms with Crippen molar-refractivity contribution in [1.82, 2.24) is 9.97 Å². The molecule has 0 radical (unpaired) electrons. The molecule has 0 amide bonds.